The number of ether oxygens (including phenoxy) is 3. The summed E-state index contributed by atoms with van der Waals surface area (Å²) in [6.45, 7) is 0.650. The fourth-order valence-electron chi connectivity index (χ4n) is 2.37. The van der Waals surface area contributed by atoms with Gasteiger partial charge in [0.15, 0.2) is 17.5 Å². The lowest BCUT2D eigenvalue weighted by molar-refractivity contribution is -0.158. The van der Waals surface area contributed by atoms with Crippen LogP contribution in [-0.2, 0) is 20.7 Å². The fraction of sp³-hybridized carbons (Fsp3) is 0.467. The van der Waals surface area contributed by atoms with Crippen LogP contribution in [0, 0.1) is 0 Å². The molecule has 1 saturated heterocycles. The minimum absolute atomic E-state index is 0.0208. The third-order valence-corrected chi connectivity index (χ3v) is 3.54. The van der Waals surface area contributed by atoms with Gasteiger partial charge in [-0.05, 0) is 17.7 Å². The zero-order valence-electron chi connectivity index (χ0n) is 12.6. The van der Waals surface area contributed by atoms with Crippen LogP contribution in [0.1, 0.15) is 5.56 Å². The van der Waals surface area contributed by atoms with E-state index >= 15 is 0 Å². The monoisotopic (exact) mass is 309 g/mol. The Bertz CT molecular complexity index is 559. The number of amides is 1. The molecule has 1 aliphatic heterocycles. The van der Waals surface area contributed by atoms with Crippen molar-refractivity contribution >= 4 is 11.9 Å². The summed E-state index contributed by atoms with van der Waals surface area (Å²) in [4.78, 5) is 24.9. The van der Waals surface area contributed by atoms with Gasteiger partial charge in [0.05, 0.1) is 33.9 Å². The molecule has 0 saturated carbocycles. The van der Waals surface area contributed by atoms with E-state index in [4.69, 9.17) is 19.3 Å². The average Bonchev–Trinajstić information content (AvgIpc) is 2.54. The summed E-state index contributed by atoms with van der Waals surface area (Å²) in [5.41, 5.74) is 0.735. The molecule has 1 unspecified atom stereocenters. The summed E-state index contributed by atoms with van der Waals surface area (Å²) < 4.78 is 15.5. The Morgan fingerprint density at radius 2 is 2.05 bits per heavy atom. The number of benzene rings is 1. The minimum Gasteiger partial charge on any atom is -0.493 e. The fourth-order valence-corrected chi connectivity index (χ4v) is 2.37. The van der Waals surface area contributed by atoms with Crippen LogP contribution in [0.5, 0.6) is 11.5 Å². The Balaban J connectivity index is 2.12. The maximum absolute atomic E-state index is 12.4. The van der Waals surface area contributed by atoms with Crippen molar-refractivity contribution in [3.63, 3.8) is 0 Å². The van der Waals surface area contributed by atoms with Gasteiger partial charge in [-0.1, -0.05) is 6.07 Å². The van der Waals surface area contributed by atoms with E-state index in [1.54, 1.807) is 18.2 Å². The third-order valence-electron chi connectivity index (χ3n) is 3.54. The molecular weight excluding hydrogens is 290 g/mol. The van der Waals surface area contributed by atoms with Gasteiger partial charge in [0.1, 0.15) is 0 Å². The Morgan fingerprint density at radius 1 is 1.32 bits per heavy atom. The molecule has 120 valence electrons. The largest absolute Gasteiger partial charge is 0.493 e. The number of hydrogen-bond acceptors (Lipinski definition) is 5. The average molecular weight is 309 g/mol. The van der Waals surface area contributed by atoms with Crippen LogP contribution >= 0.6 is 0 Å². The molecule has 2 rings (SSSR count). The highest BCUT2D eigenvalue weighted by Crippen LogP contribution is 2.28. The smallest absolute Gasteiger partial charge is 0.328 e. The SMILES string of the molecule is COc1ccc(CC(=O)N2CCOCC2C(=O)O)cc1OC. The zero-order chi connectivity index (χ0) is 16.1. The van der Waals surface area contributed by atoms with Crippen molar-refractivity contribution < 1.29 is 28.9 Å². The van der Waals surface area contributed by atoms with Crippen molar-refractivity contribution in [2.24, 2.45) is 0 Å². The number of carboxylic acids is 1. The van der Waals surface area contributed by atoms with Crippen LogP contribution in [0.3, 0.4) is 0 Å². The standard InChI is InChI=1S/C15H19NO6/c1-20-12-4-3-10(7-13(12)21-2)8-14(17)16-5-6-22-9-11(16)15(18)19/h3-4,7,11H,5-6,8-9H2,1-2H3,(H,18,19). The quantitative estimate of drug-likeness (QED) is 0.855. The normalized spacial score (nSPS) is 17.9. The first-order chi connectivity index (χ1) is 10.6. The van der Waals surface area contributed by atoms with E-state index in [2.05, 4.69) is 0 Å². The first-order valence-corrected chi connectivity index (χ1v) is 6.87. The molecule has 1 N–H and O–H groups in total. The molecule has 1 atom stereocenters. The number of carboxylic acid groups (broad SMARTS) is 1. The summed E-state index contributed by atoms with van der Waals surface area (Å²) in [5.74, 6) is -0.193. The van der Waals surface area contributed by atoms with Crippen LogP contribution in [0.25, 0.3) is 0 Å². The molecule has 7 nitrogen and oxygen atoms in total. The Morgan fingerprint density at radius 3 is 2.68 bits per heavy atom. The number of methoxy groups -OCH3 is 2. The number of aliphatic carboxylic acids is 1. The molecule has 0 radical (unpaired) electrons. The van der Waals surface area contributed by atoms with Crippen molar-refractivity contribution in [1.82, 2.24) is 4.90 Å². The lowest BCUT2D eigenvalue weighted by Gasteiger charge is -2.33. The summed E-state index contributed by atoms with van der Waals surface area (Å²) in [6.07, 6.45) is 0.101. The Kier molecular flexibility index (Phi) is 5.21. The Hall–Kier alpha value is -2.28. The van der Waals surface area contributed by atoms with E-state index < -0.39 is 12.0 Å². The van der Waals surface area contributed by atoms with Gasteiger partial charge in [-0.25, -0.2) is 4.79 Å². The molecule has 7 heteroatoms. The van der Waals surface area contributed by atoms with Gasteiger partial charge in [-0.15, -0.1) is 0 Å². The molecule has 0 aliphatic carbocycles. The molecule has 1 heterocycles. The summed E-state index contributed by atoms with van der Waals surface area (Å²) in [5, 5.41) is 9.16. The van der Waals surface area contributed by atoms with Crippen LogP contribution in [0.15, 0.2) is 18.2 Å². The second kappa shape index (κ2) is 7.13. The highest BCUT2D eigenvalue weighted by molar-refractivity contribution is 5.85. The van der Waals surface area contributed by atoms with E-state index in [0.29, 0.717) is 18.1 Å². The van der Waals surface area contributed by atoms with E-state index in [0.717, 1.165) is 5.56 Å². The van der Waals surface area contributed by atoms with E-state index in [1.807, 2.05) is 0 Å². The lowest BCUT2D eigenvalue weighted by atomic mass is 10.1. The number of nitrogens with zero attached hydrogens (tertiary/aromatic N) is 1. The van der Waals surface area contributed by atoms with Crippen molar-refractivity contribution in [2.75, 3.05) is 34.0 Å². The molecule has 1 aliphatic rings. The van der Waals surface area contributed by atoms with Gasteiger partial charge >= 0.3 is 5.97 Å². The molecule has 0 aromatic heterocycles. The summed E-state index contributed by atoms with van der Waals surface area (Å²) in [7, 11) is 3.06. The van der Waals surface area contributed by atoms with Crippen molar-refractivity contribution in [3.05, 3.63) is 23.8 Å². The van der Waals surface area contributed by atoms with Crippen LogP contribution in [0.4, 0.5) is 0 Å². The van der Waals surface area contributed by atoms with Crippen LogP contribution in [-0.4, -0.2) is 61.9 Å². The second-order valence-electron chi connectivity index (χ2n) is 4.88. The molecule has 1 aromatic carbocycles. The molecule has 1 amide bonds. The van der Waals surface area contributed by atoms with Gasteiger partial charge in [0.2, 0.25) is 5.91 Å². The number of rotatable bonds is 5. The van der Waals surface area contributed by atoms with Gasteiger partial charge < -0.3 is 24.2 Å². The van der Waals surface area contributed by atoms with E-state index in [-0.39, 0.29) is 25.5 Å². The van der Waals surface area contributed by atoms with Crippen molar-refractivity contribution in [1.29, 1.82) is 0 Å². The zero-order valence-corrected chi connectivity index (χ0v) is 12.6. The van der Waals surface area contributed by atoms with Crippen molar-refractivity contribution in [2.45, 2.75) is 12.5 Å². The maximum atomic E-state index is 12.4. The first-order valence-electron chi connectivity index (χ1n) is 6.87. The highest BCUT2D eigenvalue weighted by atomic mass is 16.5. The molecule has 1 fully saturated rings. The third kappa shape index (κ3) is 3.48. The van der Waals surface area contributed by atoms with Crippen LogP contribution < -0.4 is 9.47 Å². The first kappa shape index (κ1) is 16.1. The minimum atomic E-state index is -1.06. The molecule has 0 spiro atoms. The topological polar surface area (TPSA) is 85.3 Å². The second-order valence-corrected chi connectivity index (χ2v) is 4.88. The maximum Gasteiger partial charge on any atom is 0.328 e. The van der Waals surface area contributed by atoms with Crippen LogP contribution in [0.2, 0.25) is 0 Å². The summed E-state index contributed by atoms with van der Waals surface area (Å²) >= 11 is 0. The predicted octanol–water partition coefficient (Wildman–Crippen LogP) is 0.558. The Labute approximate surface area is 128 Å². The van der Waals surface area contributed by atoms with E-state index in [9.17, 15) is 9.59 Å². The highest BCUT2D eigenvalue weighted by Gasteiger charge is 2.32. The van der Waals surface area contributed by atoms with Crippen molar-refractivity contribution in [3.8, 4) is 11.5 Å². The molecule has 0 bridgehead atoms. The van der Waals surface area contributed by atoms with Gasteiger partial charge in [-0.3, -0.25) is 4.79 Å². The van der Waals surface area contributed by atoms with Gasteiger partial charge in [-0.2, -0.15) is 0 Å². The number of hydrogen-bond donors (Lipinski definition) is 1. The number of carbonyl (C=O) groups excluding carboxylic acids is 1. The number of morpholine rings is 1. The molecule has 22 heavy (non-hydrogen) atoms. The number of carbonyl (C=O) groups is 2. The lowest BCUT2D eigenvalue weighted by Crippen LogP contribution is -2.53. The van der Waals surface area contributed by atoms with E-state index in [1.165, 1.54) is 19.1 Å². The molecular formula is C15H19NO6. The molecule has 1 aromatic rings. The van der Waals surface area contributed by atoms with Gasteiger partial charge in [0.25, 0.3) is 0 Å². The predicted molar refractivity (Wildman–Crippen MR) is 77.2 cm³/mol. The summed E-state index contributed by atoms with van der Waals surface area (Å²) in [6, 6.07) is 4.26. The van der Waals surface area contributed by atoms with Gasteiger partial charge in [0, 0.05) is 6.54 Å².